The first kappa shape index (κ1) is 13.8. The highest BCUT2D eigenvalue weighted by Crippen LogP contribution is 2.24. The van der Waals surface area contributed by atoms with Crippen LogP contribution in [-0.4, -0.2) is 35.0 Å². The van der Waals surface area contributed by atoms with Crippen LogP contribution in [0.15, 0.2) is 12.4 Å². The molecule has 1 saturated heterocycles. The van der Waals surface area contributed by atoms with Crippen molar-refractivity contribution >= 4 is 11.7 Å². The van der Waals surface area contributed by atoms with E-state index in [2.05, 4.69) is 47.0 Å². The zero-order chi connectivity index (χ0) is 14.0. The summed E-state index contributed by atoms with van der Waals surface area (Å²) in [5.74, 6) is 0.984. The van der Waals surface area contributed by atoms with Crippen LogP contribution in [0.2, 0.25) is 0 Å². The Labute approximate surface area is 114 Å². The zero-order valence-electron chi connectivity index (χ0n) is 12.1. The summed E-state index contributed by atoms with van der Waals surface area (Å²) in [6.07, 6.45) is 2.59. The van der Waals surface area contributed by atoms with E-state index in [9.17, 15) is 4.79 Å². The van der Waals surface area contributed by atoms with E-state index >= 15 is 0 Å². The molecule has 0 aliphatic carbocycles. The summed E-state index contributed by atoms with van der Waals surface area (Å²) in [5, 5.41) is 2.96. The molecule has 1 aliphatic heterocycles. The van der Waals surface area contributed by atoms with E-state index in [1.165, 1.54) is 0 Å². The Morgan fingerprint density at radius 1 is 1.42 bits per heavy atom. The third kappa shape index (κ3) is 3.43. The molecule has 5 nitrogen and oxygen atoms in total. The molecule has 2 heterocycles. The van der Waals surface area contributed by atoms with Gasteiger partial charge in [-0.25, -0.2) is 9.97 Å². The number of carbonyl (C=O) groups is 1. The fourth-order valence-corrected chi connectivity index (χ4v) is 2.30. The van der Waals surface area contributed by atoms with Gasteiger partial charge in [-0.15, -0.1) is 0 Å². The smallest absolute Gasteiger partial charge is 0.217 e. The predicted octanol–water partition coefficient (Wildman–Crippen LogP) is 1.49. The highest BCUT2D eigenvalue weighted by atomic mass is 16.1. The molecule has 0 spiro atoms. The van der Waals surface area contributed by atoms with Crippen molar-refractivity contribution in [1.82, 2.24) is 15.3 Å². The second-order valence-corrected chi connectivity index (χ2v) is 6.14. The van der Waals surface area contributed by atoms with Crippen LogP contribution >= 0.6 is 0 Å². The first-order valence-corrected chi connectivity index (χ1v) is 6.71. The molecule has 0 aromatic carbocycles. The first-order valence-electron chi connectivity index (χ1n) is 6.71. The van der Waals surface area contributed by atoms with Crippen molar-refractivity contribution < 1.29 is 4.79 Å². The maximum absolute atomic E-state index is 11.1. The van der Waals surface area contributed by atoms with Crippen LogP contribution in [0.4, 0.5) is 5.82 Å². The minimum atomic E-state index is 0.0223. The summed E-state index contributed by atoms with van der Waals surface area (Å²) >= 11 is 0. The molecule has 1 N–H and O–H groups in total. The average molecular weight is 262 g/mol. The van der Waals surface area contributed by atoms with Gasteiger partial charge in [-0.1, -0.05) is 20.8 Å². The molecule has 1 atom stereocenters. The van der Waals surface area contributed by atoms with Gasteiger partial charge in [0, 0.05) is 37.5 Å². The maximum Gasteiger partial charge on any atom is 0.217 e. The molecule has 0 bridgehead atoms. The first-order chi connectivity index (χ1) is 8.86. The quantitative estimate of drug-likeness (QED) is 0.877. The van der Waals surface area contributed by atoms with Gasteiger partial charge < -0.3 is 10.2 Å². The van der Waals surface area contributed by atoms with Crippen molar-refractivity contribution in [1.29, 1.82) is 0 Å². The van der Waals surface area contributed by atoms with Gasteiger partial charge >= 0.3 is 0 Å². The number of hydrogen-bond donors (Lipinski definition) is 1. The van der Waals surface area contributed by atoms with Gasteiger partial charge in [-0.05, 0) is 6.42 Å². The molecule has 0 radical (unpaired) electrons. The fourth-order valence-electron chi connectivity index (χ4n) is 2.30. The van der Waals surface area contributed by atoms with Crippen molar-refractivity contribution in [2.75, 3.05) is 18.0 Å². The summed E-state index contributed by atoms with van der Waals surface area (Å²) in [5.41, 5.74) is 1.06. The predicted molar refractivity (Wildman–Crippen MR) is 75.2 cm³/mol. The van der Waals surface area contributed by atoms with Gasteiger partial charge in [0.05, 0.1) is 5.69 Å². The molecule has 1 fully saturated rings. The summed E-state index contributed by atoms with van der Waals surface area (Å²) < 4.78 is 0. The van der Waals surface area contributed by atoms with Crippen LogP contribution in [0.1, 0.15) is 39.8 Å². The molecule has 104 valence electrons. The molecule has 1 aromatic rings. The summed E-state index contributed by atoms with van der Waals surface area (Å²) in [6.45, 7) is 9.73. The highest BCUT2D eigenvalue weighted by Gasteiger charge is 2.25. The van der Waals surface area contributed by atoms with E-state index in [-0.39, 0.29) is 17.4 Å². The Morgan fingerprint density at radius 2 is 2.16 bits per heavy atom. The molecular weight excluding hydrogens is 240 g/mol. The average Bonchev–Trinajstić information content (AvgIpc) is 2.76. The molecule has 1 unspecified atom stereocenters. The number of rotatable bonds is 2. The second kappa shape index (κ2) is 5.15. The van der Waals surface area contributed by atoms with E-state index < -0.39 is 0 Å². The van der Waals surface area contributed by atoms with Crippen LogP contribution < -0.4 is 10.2 Å². The van der Waals surface area contributed by atoms with Crippen molar-refractivity contribution in [3.8, 4) is 0 Å². The lowest BCUT2D eigenvalue weighted by atomic mass is 9.92. The number of anilines is 1. The van der Waals surface area contributed by atoms with Gasteiger partial charge in [0.25, 0.3) is 0 Å². The minimum Gasteiger partial charge on any atom is -0.354 e. The van der Waals surface area contributed by atoms with E-state index in [0.717, 1.165) is 31.0 Å². The van der Waals surface area contributed by atoms with E-state index in [1.807, 2.05) is 0 Å². The monoisotopic (exact) mass is 262 g/mol. The lowest BCUT2D eigenvalue weighted by Gasteiger charge is -2.22. The molecule has 5 heteroatoms. The van der Waals surface area contributed by atoms with Gasteiger partial charge in [0.1, 0.15) is 12.1 Å². The third-order valence-electron chi connectivity index (χ3n) is 3.34. The topological polar surface area (TPSA) is 58.1 Å². The largest absolute Gasteiger partial charge is 0.354 e. The molecule has 1 aromatic heterocycles. The van der Waals surface area contributed by atoms with Crippen molar-refractivity contribution in [3.05, 3.63) is 18.1 Å². The second-order valence-electron chi connectivity index (χ2n) is 6.14. The van der Waals surface area contributed by atoms with Crippen LogP contribution in [0.5, 0.6) is 0 Å². The van der Waals surface area contributed by atoms with Crippen LogP contribution in [0.25, 0.3) is 0 Å². The zero-order valence-corrected chi connectivity index (χ0v) is 12.1. The molecule has 19 heavy (non-hydrogen) atoms. The Kier molecular flexibility index (Phi) is 3.73. The Hall–Kier alpha value is -1.65. The van der Waals surface area contributed by atoms with Crippen LogP contribution in [0.3, 0.4) is 0 Å². The van der Waals surface area contributed by atoms with Gasteiger partial charge in [-0.2, -0.15) is 0 Å². The van der Waals surface area contributed by atoms with Crippen molar-refractivity contribution in [3.63, 3.8) is 0 Å². The Morgan fingerprint density at radius 3 is 2.79 bits per heavy atom. The third-order valence-corrected chi connectivity index (χ3v) is 3.34. The molecule has 2 rings (SSSR count). The van der Waals surface area contributed by atoms with Gasteiger partial charge in [0.15, 0.2) is 0 Å². The van der Waals surface area contributed by atoms with Gasteiger partial charge in [0.2, 0.25) is 5.91 Å². The van der Waals surface area contributed by atoms with E-state index in [1.54, 1.807) is 13.3 Å². The number of nitrogens with one attached hydrogen (secondary N) is 1. The van der Waals surface area contributed by atoms with E-state index in [4.69, 9.17) is 0 Å². The Bertz CT molecular complexity index is 467. The van der Waals surface area contributed by atoms with E-state index in [0.29, 0.717) is 0 Å². The Balaban J connectivity index is 2.09. The number of nitrogens with zero attached hydrogens (tertiary/aromatic N) is 3. The fraction of sp³-hybridized carbons (Fsp3) is 0.643. The number of carbonyl (C=O) groups excluding carboxylic acids is 1. The standard InChI is InChI=1S/C14H22N4O/c1-10(19)17-11-5-6-18(8-11)13-7-12(14(2,3)4)15-9-16-13/h7,9,11H,5-6,8H2,1-4H3,(H,17,19). The van der Waals surface area contributed by atoms with Crippen LogP contribution in [-0.2, 0) is 10.2 Å². The molecule has 1 aliphatic rings. The minimum absolute atomic E-state index is 0.0223. The van der Waals surface area contributed by atoms with Crippen LogP contribution in [0, 0.1) is 0 Å². The normalized spacial score (nSPS) is 19.6. The van der Waals surface area contributed by atoms with Crippen molar-refractivity contribution in [2.24, 2.45) is 0 Å². The summed E-state index contributed by atoms with van der Waals surface area (Å²) in [4.78, 5) is 22.0. The molecular formula is C14H22N4O. The molecule has 0 saturated carbocycles. The SMILES string of the molecule is CC(=O)NC1CCN(c2cc(C(C)(C)C)ncn2)C1. The number of aromatic nitrogens is 2. The van der Waals surface area contributed by atoms with Crippen molar-refractivity contribution in [2.45, 2.75) is 45.6 Å². The highest BCUT2D eigenvalue weighted by molar-refractivity contribution is 5.73. The maximum atomic E-state index is 11.1. The lowest BCUT2D eigenvalue weighted by molar-refractivity contribution is -0.119. The summed E-state index contributed by atoms with van der Waals surface area (Å²) in [7, 11) is 0. The lowest BCUT2D eigenvalue weighted by Crippen LogP contribution is -2.35. The van der Waals surface area contributed by atoms with Gasteiger partial charge in [-0.3, -0.25) is 4.79 Å². The number of amides is 1. The summed E-state index contributed by atoms with van der Waals surface area (Å²) in [6, 6.07) is 2.28. The number of hydrogen-bond acceptors (Lipinski definition) is 4. The molecule has 1 amide bonds.